The predicted molar refractivity (Wildman–Crippen MR) is 91.8 cm³/mol. The molecule has 2 aliphatic rings. The Morgan fingerprint density at radius 1 is 0.957 bits per heavy atom. The number of para-hydroxylation sites is 1. The molecule has 2 heterocycles. The van der Waals surface area contributed by atoms with E-state index in [0.29, 0.717) is 5.92 Å². The van der Waals surface area contributed by atoms with E-state index in [9.17, 15) is 0 Å². The van der Waals surface area contributed by atoms with Gasteiger partial charge in [0, 0.05) is 6.20 Å². The van der Waals surface area contributed by atoms with E-state index in [0.717, 1.165) is 29.9 Å². The molecule has 3 heteroatoms. The van der Waals surface area contributed by atoms with E-state index in [1.165, 1.54) is 37.8 Å². The number of rotatable bonds is 3. The lowest BCUT2D eigenvalue weighted by atomic mass is 9.87. The number of benzene rings is 1. The second kappa shape index (κ2) is 6.71. The number of fused-ring (bicyclic) bond motifs is 2. The Labute approximate surface area is 138 Å². The summed E-state index contributed by atoms with van der Waals surface area (Å²) in [4.78, 5) is 4.45. The van der Waals surface area contributed by atoms with Gasteiger partial charge in [-0.1, -0.05) is 18.2 Å². The highest BCUT2D eigenvalue weighted by atomic mass is 16.5. The van der Waals surface area contributed by atoms with E-state index in [4.69, 9.17) is 4.74 Å². The third-order valence-corrected chi connectivity index (χ3v) is 5.36. The molecule has 1 aromatic heterocycles. The van der Waals surface area contributed by atoms with Gasteiger partial charge in [0.05, 0.1) is 6.20 Å². The first kappa shape index (κ1) is 14.7. The van der Waals surface area contributed by atoms with Crippen LogP contribution in [0, 0.1) is 11.8 Å². The van der Waals surface area contributed by atoms with Crippen molar-refractivity contribution in [3.05, 3.63) is 54.4 Å². The highest BCUT2D eigenvalue weighted by Crippen LogP contribution is 2.46. The second-order valence-corrected chi connectivity index (χ2v) is 6.90. The molecule has 120 valence electrons. The van der Waals surface area contributed by atoms with Crippen molar-refractivity contribution in [1.82, 2.24) is 10.3 Å². The Kier molecular flexibility index (Phi) is 4.29. The number of nitrogens with one attached hydrogen (secondary N) is 1. The molecule has 1 N–H and O–H groups in total. The van der Waals surface area contributed by atoms with Crippen LogP contribution >= 0.6 is 0 Å². The van der Waals surface area contributed by atoms with Crippen LogP contribution in [-0.4, -0.2) is 18.1 Å². The standard InChI is InChI=1S/C20H24N2O/c1-2-4-18(5-3-1)23-19-12-17(13-22-14-19)20-11-15-6-8-21-9-7-16(20)10-15/h1-5,12-16,20-21H,6-11H2. The summed E-state index contributed by atoms with van der Waals surface area (Å²) in [5.74, 6) is 4.03. The quantitative estimate of drug-likeness (QED) is 0.914. The molecule has 1 saturated heterocycles. The van der Waals surface area contributed by atoms with Crippen molar-refractivity contribution < 1.29 is 4.74 Å². The summed E-state index contributed by atoms with van der Waals surface area (Å²) in [6, 6.07) is 12.1. The minimum atomic E-state index is 0.645. The molecule has 1 saturated carbocycles. The molecule has 1 aliphatic heterocycles. The van der Waals surface area contributed by atoms with Crippen LogP contribution in [0.1, 0.15) is 37.2 Å². The maximum atomic E-state index is 5.96. The van der Waals surface area contributed by atoms with Crippen molar-refractivity contribution in [3.8, 4) is 11.5 Å². The molecule has 2 bridgehead atoms. The van der Waals surface area contributed by atoms with E-state index < -0.39 is 0 Å². The van der Waals surface area contributed by atoms with Gasteiger partial charge in [0.25, 0.3) is 0 Å². The predicted octanol–water partition coefficient (Wildman–Crippen LogP) is 4.37. The first-order valence-electron chi connectivity index (χ1n) is 8.77. The maximum Gasteiger partial charge on any atom is 0.145 e. The summed E-state index contributed by atoms with van der Waals surface area (Å²) < 4.78 is 5.96. The Hall–Kier alpha value is -1.87. The smallest absolute Gasteiger partial charge is 0.145 e. The summed E-state index contributed by atoms with van der Waals surface area (Å²) >= 11 is 0. The fourth-order valence-electron chi connectivity index (χ4n) is 4.24. The van der Waals surface area contributed by atoms with Crippen molar-refractivity contribution in [2.24, 2.45) is 11.8 Å². The number of hydrogen-bond acceptors (Lipinski definition) is 3. The monoisotopic (exact) mass is 308 g/mol. The first-order valence-corrected chi connectivity index (χ1v) is 8.77. The molecule has 0 spiro atoms. The van der Waals surface area contributed by atoms with E-state index >= 15 is 0 Å². The van der Waals surface area contributed by atoms with Gasteiger partial charge in [-0.25, -0.2) is 0 Å². The fraction of sp³-hybridized carbons (Fsp3) is 0.450. The Morgan fingerprint density at radius 3 is 2.74 bits per heavy atom. The third-order valence-electron chi connectivity index (χ3n) is 5.36. The minimum absolute atomic E-state index is 0.645. The van der Waals surface area contributed by atoms with Gasteiger partial charge in [-0.3, -0.25) is 4.98 Å². The lowest BCUT2D eigenvalue weighted by Gasteiger charge is -2.21. The molecule has 0 amide bonds. The van der Waals surface area contributed by atoms with Crippen molar-refractivity contribution in [2.75, 3.05) is 13.1 Å². The van der Waals surface area contributed by atoms with Gasteiger partial charge in [-0.15, -0.1) is 0 Å². The number of pyridine rings is 1. The van der Waals surface area contributed by atoms with Crippen molar-refractivity contribution in [1.29, 1.82) is 0 Å². The first-order chi connectivity index (χ1) is 11.4. The lowest BCUT2D eigenvalue weighted by Crippen LogP contribution is -2.23. The third kappa shape index (κ3) is 3.40. The number of ether oxygens (including phenoxy) is 1. The Bertz CT molecular complexity index is 643. The maximum absolute atomic E-state index is 5.96. The van der Waals surface area contributed by atoms with Crippen LogP contribution in [0.15, 0.2) is 48.8 Å². The second-order valence-electron chi connectivity index (χ2n) is 6.90. The zero-order valence-corrected chi connectivity index (χ0v) is 13.4. The summed E-state index contributed by atoms with van der Waals surface area (Å²) in [6.07, 6.45) is 9.16. The zero-order valence-electron chi connectivity index (χ0n) is 13.4. The lowest BCUT2D eigenvalue weighted by molar-refractivity contribution is 0.385. The Balaban J connectivity index is 1.54. The SMILES string of the molecule is c1ccc(Oc2cncc(C3CC4CCNCCC3C4)c2)cc1. The van der Waals surface area contributed by atoms with Gasteiger partial charge in [-0.05, 0) is 80.3 Å². The summed E-state index contributed by atoms with van der Waals surface area (Å²) in [7, 11) is 0. The van der Waals surface area contributed by atoms with Gasteiger partial charge in [0.2, 0.25) is 0 Å². The average Bonchev–Trinajstić information content (AvgIpc) is 3.00. The van der Waals surface area contributed by atoms with Crippen LogP contribution < -0.4 is 10.1 Å². The molecule has 3 atom stereocenters. The minimum Gasteiger partial charge on any atom is -0.456 e. The van der Waals surface area contributed by atoms with Gasteiger partial charge in [0.1, 0.15) is 11.5 Å². The van der Waals surface area contributed by atoms with Crippen LogP contribution in [0.5, 0.6) is 11.5 Å². The molecule has 3 nitrogen and oxygen atoms in total. The van der Waals surface area contributed by atoms with E-state index in [-0.39, 0.29) is 0 Å². The Morgan fingerprint density at radius 2 is 1.83 bits per heavy atom. The van der Waals surface area contributed by atoms with Crippen LogP contribution in [0.4, 0.5) is 0 Å². The van der Waals surface area contributed by atoms with Crippen LogP contribution in [0.25, 0.3) is 0 Å². The van der Waals surface area contributed by atoms with Gasteiger partial charge in [0.15, 0.2) is 0 Å². The summed E-state index contributed by atoms with van der Waals surface area (Å²) in [5, 5.41) is 3.56. The normalized spacial score (nSPS) is 27.2. The van der Waals surface area contributed by atoms with Crippen LogP contribution in [-0.2, 0) is 0 Å². The zero-order chi connectivity index (χ0) is 15.5. The molecule has 1 aliphatic carbocycles. The van der Waals surface area contributed by atoms with Crippen LogP contribution in [0.3, 0.4) is 0 Å². The van der Waals surface area contributed by atoms with Crippen LogP contribution in [0.2, 0.25) is 0 Å². The fourth-order valence-corrected chi connectivity index (χ4v) is 4.24. The number of hydrogen-bond donors (Lipinski definition) is 1. The van der Waals surface area contributed by atoms with Crippen molar-refractivity contribution >= 4 is 0 Å². The molecule has 0 radical (unpaired) electrons. The van der Waals surface area contributed by atoms with Gasteiger partial charge in [-0.2, -0.15) is 0 Å². The van der Waals surface area contributed by atoms with Gasteiger partial charge >= 0.3 is 0 Å². The van der Waals surface area contributed by atoms with E-state index in [1.54, 1.807) is 0 Å². The molecule has 3 unspecified atom stereocenters. The van der Waals surface area contributed by atoms with E-state index in [2.05, 4.69) is 16.4 Å². The number of aromatic nitrogens is 1. The average molecular weight is 308 g/mol. The van der Waals surface area contributed by atoms with E-state index in [1.807, 2.05) is 42.7 Å². The largest absolute Gasteiger partial charge is 0.456 e. The highest BCUT2D eigenvalue weighted by molar-refractivity contribution is 5.33. The molecule has 2 aromatic rings. The molecular weight excluding hydrogens is 284 g/mol. The molecule has 2 fully saturated rings. The number of nitrogens with zero attached hydrogens (tertiary/aromatic N) is 1. The highest BCUT2D eigenvalue weighted by Gasteiger charge is 2.35. The van der Waals surface area contributed by atoms with Crippen molar-refractivity contribution in [3.63, 3.8) is 0 Å². The summed E-state index contributed by atoms with van der Waals surface area (Å²) in [5.41, 5.74) is 1.35. The molecule has 1 aromatic carbocycles. The van der Waals surface area contributed by atoms with Crippen molar-refractivity contribution in [2.45, 2.75) is 31.6 Å². The topological polar surface area (TPSA) is 34.1 Å². The van der Waals surface area contributed by atoms with Gasteiger partial charge < -0.3 is 10.1 Å². The molecule has 23 heavy (non-hydrogen) atoms. The molecule has 4 rings (SSSR count). The summed E-state index contributed by atoms with van der Waals surface area (Å²) in [6.45, 7) is 2.33. The molecular formula is C20H24N2O.